The van der Waals surface area contributed by atoms with Gasteiger partial charge in [0.25, 0.3) is 5.91 Å². The smallest absolute Gasteiger partial charge is 0.276 e. The molecule has 2 aromatic carbocycles. The Labute approximate surface area is 195 Å². The number of aromatic nitrogens is 2. The summed E-state index contributed by atoms with van der Waals surface area (Å²) < 4.78 is 5.23. The number of hydrogen-bond acceptors (Lipinski definition) is 6. The summed E-state index contributed by atoms with van der Waals surface area (Å²) >= 11 is 1.37. The van der Waals surface area contributed by atoms with Crippen LogP contribution in [0.15, 0.2) is 60.0 Å². The summed E-state index contributed by atoms with van der Waals surface area (Å²) in [6.45, 7) is 2.20. The Kier molecular flexibility index (Phi) is 6.95. The fourth-order valence-electron chi connectivity index (χ4n) is 3.38. The van der Waals surface area contributed by atoms with Crippen LogP contribution in [-0.2, 0) is 11.2 Å². The predicted molar refractivity (Wildman–Crippen MR) is 131 cm³/mol. The largest absolute Gasteiger partial charge is 0.497 e. The van der Waals surface area contributed by atoms with Gasteiger partial charge in [0.05, 0.1) is 18.3 Å². The number of amides is 2. The normalized spacial score (nSPS) is 10.7. The Hall–Kier alpha value is -3.78. The molecule has 4 aromatic rings. The third-order valence-electron chi connectivity index (χ3n) is 5.12. The van der Waals surface area contributed by atoms with E-state index in [2.05, 4.69) is 32.7 Å². The third-order valence-corrected chi connectivity index (χ3v) is 5.88. The van der Waals surface area contributed by atoms with Crippen LogP contribution >= 0.6 is 11.3 Å². The predicted octanol–water partition coefficient (Wildman–Crippen LogP) is 4.69. The molecular weight excluding hydrogens is 436 g/mol. The van der Waals surface area contributed by atoms with Crippen molar-refractivity contribution in [3.05, 3.63) is 71.2 Å². The summed E-state index contributed by atoms with van der Waals surface area (Å²) in [6, 6.07) is 17.2. The second-order valence-corrected chi connectivity index (χ2v) is 8.39. The zero-order valence-electron chi connectivity index (χ0n) is 18.4. The standard InChI is InChI=1S/C25H24N4O3S/c1-16(30)26-13-3-4-17-5-7-18(8-6-17)23-15-33-25(28-23)29-24(31)22-11-9-19-14-20(32-2)10-12-21(19)27-22/h5-12,14-15H,3-4,13H2,1-2H3,(H,26,30)(H,28,29,31). The maximum atomic E-state index is 12.7. The molecule has 4 rings (SSSR count). The molecule has 0 spiro atoms. The molecule has 2 amide bonds. The molecule has 0 bridgehead atoms. The van der Waals surface area contributed by atoms with Crippen LogP contribution in [0.2, 0.25) is 0 Å². The molecule has 2 N–H and O–H groups in total. The summed E-state index contributed by atoms with van der Waals surface area (Å²) in [6.07, 6.45) is 1.78. The van der Waals surface area contributed by atoms with Gasteiger partial charge in [-0.3, -0.25) is 14.9 Å². The van der Waals surface area contributed by atoms with Gasteiger partial charge in [0, 0.05) is 29.8 Å². The monoisotopic (exact) mass is 460 g/mol. The van der Waals surface area contributed by atoms with Gasteiger partial charge in [0.2, 0.25) is 5.91 Å². The van der Waals surface area contributed by atoms with E-state index in [4.69, 9.17) is 4.74 Å². The number of pyridine rings is 1. The fourth-order valence-corrected chi connectivity index (χ4v) is 4.10. The molecule has 0 atom stereocenters. The Bertz CT molecular complexity index is 1280. The van der Waals surface area contributed by atoms with Crippen molar-refractivity contribution in [3.63, 3.8) is 0 Å². The highest BCUT2D eigenvalue weighted by molar-refractivity contribution is 7.14. The number of ether oxygens (including phenoxy) is 1. The zero-order chi connectivity index (χ0) is 23.2. The van der Waals surface area contributed by atoms with Gasteiger partial charge >= 0.3 is 0 Å². The minimum atomic E-state index is -0.303. The van der Waals surface area contributed by atoms with Crippen molar-refractivity contribution in [2.24, 2.45) is 0 Å². The number of aryl methyl sites for hydroxylation is 1. The topological polar surface area (TPSA) is 93.2 Å². The molecule has 0 fully saturated rings. The molecule has 168 valence electrons. The number of nitrogens with one attached hydrogen (secondary N) is 2. The number of rotatable bonds is 8. The van der Waals surface area contributed by atoms with Crippen LogP contribution in [0.1, 0.15) is 29.4 Å². The number of methoxy groups -OCH3 is 1. The lowest BCUT2D eigenvalue weighted by molar-refractivity contribution is -0.118. The first-order chi connectivity index (χ1) is 16.0. The molecular formula is C25H24N4O3S. The number of benzene rings is 2. The quantitative estimate of drug-likeness (QED) is 0.372. The lowest BCUT2D eigenvalue weighted by Crippen LogP contribution is -2.21. The van der Waals surface area contributed by atoms with Crippen molar-refractivity contribution in [1.29, 1.82) is 0 Å². The fraction of sp³-hybridized carbons (Fsp3) is 0.200. The number of hydrogen-bond donors (Lipinski definition) is 2. The second kappa shape index (κ2) is 10.2. The Morgan fingerprint density at radius 3 is 2.61 bits per heavy atom. The average Bonchev–Trinajstić information content (AvgIpc) is 3.29. The Balaban J connectivity index is 1.38. The first-order valence-corrected chi connectivity index (χ1v) is 11.5. The lowest BCUT2D eigenvalue weighted by Gasteiger charge is -2.05. The lowest BCUT2D eigenvalue weighted by atomic mass is 10.1. The van der Waals surface area contributed by atoms with E-state index >= 15 is 0 Å². The highest BCUT2D eigenvalue weighted by Gasteiger charge is 2.12. The van der Waals surface area contributed by atoms with Crippen molar-refractivity contribution in [2.45, 2.75) is 19.8 Å². The van der Waals surface area contributed by atoms with Crippen molar-refractivity contribution in [3.8, 4) is 17.0 Å². The molecule has 0 saturated heterocycles. The van der Waals surface area contributed by atoms with Crippen LogP contribution in [-0.4, -0.2) is 35.4 Å². The first kappa shape index (κ1) is 22.4. The average molecular weight is 461 g/mol. The highest BCUT2D eigenvalue weighted by atomic mass is 32.1. The summed E-state index contributed by atoms with van der Waals surface area (Å²) in [5.41, 5.74) is 4.04. The zero-order valence-corrected chi connectivity index (χ0v) is 19.2. The van der Waals surface area contributed by atoms with Gasteiger partial charge in [0.15, 0.2) is 5.13 Å². The second-order valence-electron chi connectivity index (χ2n) is 7.53. The molecule has 33 heavy (non-hydrogen) atoms. The van der Waals surface area contributed by atoms with Gasteiger partial charge in [0.1, 0.15) is 11.4 Å². The van der Waals surface area contributed by atoms with Crippen molar-refractivity contribution in [2.75, 3.05) is 19.0 Å². The van der Waals surface area contributed by atoms with Crippen molar-refractivity contribution >= 4 is 39.2 Å². The molecule has 0 saturated carbocycles. The first-order valence-electron chi connectivity index (χ1n) is 10.6. The van der Waals surface area contributed by atoms with Crippen LogP contribution in [0.25, 0.3) is 22.2 Å². The molecule has 0 aliphatic rings. The van der Waals surface area contributed by atoms with Crippen LogP contribution in [0.5, 0.6) is 5.75 Å². The van der Waals surface area contributed by atoms with Gasteiger partial charge in [-0.2, -0.15) is 0 Å². The number of carbonyl (C=O) groups excluding carboxylic acids is 2. The SMILES string of the molecule is COc1ccc2nc(C(=O)Nc3nc(-c4ccc(CCCNC(C)=O)cc4)cs3)ccc2c1. The van der Waals surface area contributed by atoms with Gasteiger partial charge in [-0.05, 0) is 42.7 Å². The van der Waals surface area contributed by atoms with E-state index in [-0.39, 0.29) is 11.8 Å². The summed E-state index contributed by atoms with van der Waals surface area (Å²) in [5, 5.41) is 8.98. The maximum absolute atomic E-state index is 12.7. The molecule has 7 nitrogen and oxygen atoms in total. The highest BCUT2D eigenvalue weighted by Crippen LogP contribution is 2.26. The molecule has 0 unspecified atom stereocenters. The van der Waals surface area contributed by atoms with E-state index in [1.165, 1.54) is 23.8 Å². The van der Waals surface area contributed by atoms with E-state index in [1.54, 1.807) is 13.2 Å². The number of nitrogens with zero attached hydrogens (tertiary/aromatic N) is 2. The van der Waals surface area contributed by atoms with Crippen LogP contribution in [0.3, 0.4) is 0 Å². The van der Waals surface area contributed by atoms with Gasteiger partial charge < -0.3 is 10.1 Å². The van der Waals surface area contributed by atoms with Crippen molar-refractivity contribution in [1.82, 2.24) is 15.3 Å². The number of thiazole rings is 1. The van der Waals surface area contributed by atoms with E-state index in [0.29, 0.717) is 17.4 Å². The molecule has 8 heteroatoms. The summed E-state index contributed by atoms with van der Waals surface area (Å²) in [4.78, 5) is 32.6. The number of anilines is 1. The Morgan fingerprint density at radius 1 is 1.03 bits per heavy atom. The van der Waals surface area contributed by atoms with Crippen LogP contribution in [0.4, 0.5) is 5.13 Å². The van der Waals surface area contributed by atoms with Crippen molar-refractivity contribution < 1.29 is 14.3 Å². The number of fused-ring (bicyclic) bond motifs is 1. The maximum Gasteiger partial charge on any atom is 0.276 e. The van der Waals surface area contributed by atoms with E-state index in [0.717, 1.165) is 40.8 Å². The third kappa shape index (κ3) is 5.72. The minimum absolute atomic E-state index is 0.00571. The molecule has 2 heterocycles. The molecule has 0 aliphatic carbocycles. The summed E-state index contributed by atoms with van der Waals surface area (Å²) in [7, 11) is 1.61. The Morgan fingerprint density at radius 2 is 1.85 bits per heavy atom. The molecule has 2 aromatic heterocycles. The molecule has 0 radical (unpaired) electrons. The van der Waals surface area contributed by atoms with E-state index < -0.39 is 0 Å². The van der Waals surface area contributed by atoms with E-state index in [9.17, 15) is 9.59 Å². The van der Waals surface area contributed by atoms with Crippen LogP contribution < -0.4 is 15.4 Å². The van der Waals surface area contributed by atoms with Gasteiger partial charge in [-0.15, -0.1) is 11.3 Å². The van der Waals surface area contributed by atoms with E-state index in [1.807, 2.05) is 41.8 Å². The van der Waals surface area contributed by atoms with Gasteiger partial charge in [-0.1, -0.05) is 30.3 Å². The summed E-state index contributed by atoms with van der Waals surface area (Å²) in [5.74, 6) is 0.437. The van der Waals surface area contributed by atoms with Crippen LogP contribution in [0, 0.1) is 0 Å². The number of carbonyl (C=O) groups is 2. The minimum Gasteiger partial charge on any atom is -0.497 e. The van der Waals surface area contributed by atoms with Gasteiger partial charge in [-0.25, -0.2) is 9.97 Å². The molecule has 0 aliphatic heterocycles.